The van der Waals surface area contributed by atoms with Gasteiger partial charge in [0.2, 0.25) is 0 Å². The Morgan fingerprint density at radius 3 is 2.40 bits per heavy atom. The van der Waals surface area contributed by atoms with Gasteiger partial charge in [-0.1, -0.05) is 0 Å². The van der Waals surface area contributed by atoms with Crippen LogP contribution in [-0.2, 0) is 40.1 Å². The molecule has 0 aliphatic carbocycles. The van der Waals surface area contributed by atoms with Gasteiger partial charge in [-0.3, -0.25) is 4.68 Å². The average molecular weight is 453 g/mol. The maximum Gasteiger partial charge on any atom is 0.490 e. The van der Waals surface area contributed by atoms with Crippen LogP contribution in [0.5, 0.6) is 0 Å². The van der Waals surface area contributed by atoms with Gasteiger partial charge in [0.05, 0.1) is 24.7 Å². The van der Waals surface area contributed by atoms with Gasteiger partial charge >= 0.3 is 12.1 Å². The van der Waals surface area contributed by atoms with E-state index in [-0.39, 0.29) is 17.2 Å². The van der Waals surface area contributed by atoms with Crippen LogP contribution < -0.4 is 0 Å². The lowest BCUT2D eigenvalue weighted by Crippen LogP contribution is -2.41. The van der Waals surface area contributed by atoms with Crippen molar-refractivity contribution in [3.05, 3.63) is 30.5 Å². The third kappa shape index (κ3) is 5.58. The van der Waals surface area contributed by atoms with E-state index in [1.165, 1.54) is 16.8 Å². The quantitative estimate of drug-likeness (QED) is 0.711. The molecule has 0 bridgehead atoms. The van der Waals surface area contributed by atoms with Crippen LogP contribution in [0.4, 0.5) is 13.2 Å². The zero-order chi connectivity index (χ0) is 22.7. The first-order valence-electron chi connectivity index (χ1n) is 8.66. The Kier molecular flexibility index (Phi) is 7.26. The number of methoxy groups -OCH3 is 1. The second kappa shape index (κ2) is 9.14. The number of carboxylic acid groups (broad SMARTS) is 1. The van der Waals surface area contributed by atoms with Gasteiger partial charge in [0, 0.05) is 40.1 Å². The number of ether oxygens (including phenoxy) is 1. The highest BCUT2D eigenvalue weighted by atomic mass is 32.2. The molecule has 0 radical (unpaired) electrons. The van der Waals surface area contributed by atoms with E-state index in [9.17, 15) is 21.6 Å². The molecule has 1 aliphatic heterocycles. The number of hydrogen-bond donors (Lipinski definition) is 1. The van der Waals surface area contributed by atoms with Crippen molar-refractivity contribution in [3.63, 3.8) is 0 Å². The van der Waals surface area contributed by atoms with Crippen LogP contribution >= 0.6 is 0 Å². The Labute approximate surface area is 170 Å². The number of imidazole rings is 1. The molecule has 1 saturated heterocycles. The fourth-order valence-corrected chi connectivity index (χ4v) is 4.70. The topological polar surface area (TPSA) is 120 Å². The summed E-state index contributed by atoms with van der Waals surface area (Å²) in [4.78, 5) is 12.9. The van der Waals surface area contributed by atoms with E-state index in [1.807, 2.05) is 13.2 Å². The Bertz CT molecular complexity index is 972. The van der Waals surface area contributed by atoms with E-state index in [2.05, 4.69) is 10.1 Å². The number of alkyl halides is 3. The number of aromatic nitrogens is 4. The highest BCUT2D eigenvalue weighted by molar-refractivity contribution is 7.89. The van der Waals surface area contributed by atoms with Gasteiger partial charge in [-0.25, -0.2) is 18.2 Å². The lowest BCUT2D eigenvalue weighted by atomic mass is 10.1. The van der Waals surface area contributed by atoms with Crippen molar-refractivity contribution in [3.8, 4) is 0 Å². The van der Waals surface area contributed by atoms with Crippen LogP contribution in [0.3, 0.4) is 0 Å². The van der Waals surface area contributed by atoms with Crippen molar-refractivity contribution in [1.29, 1.82) is 0 Å². The largest absolute Gasteiger partial charge is 0.490 e. The molecule has 0 amide bonds. The monoisotopic (exact) mass is 453 g/mol. The fourth-order valence-electron chi connectivity index (χ4n) is 3.07. The van der Waals surface area contributed by atoms with E-state index >= 15 is 0 Å². The SMILES string of the molecule is CO[C@H]1CCN(S(=O)(=O)c2cn(C)cn2)[C@H]1Cc1cnn(C)c1.O=C(O)C(F)(F)F. The lowest BCUT2D eigenvalue weighted by molar-refractivity contribution is -0.192. The standard InChI is InChI=1S/C14H21N5O3S.C2HF3O2/c1-17-9-14(15-10-17)23(20,21)19-5-4-13(22-3)12(19)6-11-7-16-18(2)8-11;3-2(4,5)1(6)7/h7-10,12-13H,4-6H2,1-3H3;(H,6,7)/t12-,13-;/m0./s1. The number of nitrogens with zero attached hydrogens (tertiary/aromatic N) is 5. The lowest BCUT2D eigenvalue weighted by Gasteiger charge is -2.25. The molecule has 2 atom stereocenters. The van der Waals surface area contributed by atoms with Crippen LogP contribution in [0.1, 0.15) is 12.0 Å². The van der Waals surface area contributed by atoms with E-state index in [4.69, 9.17) is 14.6 Å². The molecule has 3 heterocycles. The molecular formula is C16H22F3N5O5S. The minimum Gasteiger partial charge on any atom is -0.475 e. The van der Waals surface area contributed by atoms with Crippen molar-refractivity contribution < 1.29 is 36.2 Å². The normalized spacial score (nSPS) is 20.1. The summed E-state index contributed by atoms with van der Waals surface area (Å²) in [5, 5.41) is 11.4. The van der Waals surface area contributed by atoms with Gasteiger partial charge in [0.15, 0.2) is 5.03 Å². The molecule has 0 saturated carbocycles. The molecule has 1 fully saturated rings. The predicted molar refractivity (Wildman–Crippen MR) is 96.9 cm³/mol. The Morgan fingerprint density at radius 2 is 1.97 bits per heavy atom. The van der Waals surface area contributed by atoms with Crippen molar-refractivity contribution in [1.82, 2.24) is 23.6 Å². The van der Waals surface area contributed by atoms with Crippen LogP contribution in [0.15, 0.2) is 29.9 Å². The van der Waals surface area contributed by atoms with E-state index in [0.29, 0.717) is 19.4 Å². The number of hydrogen-bond acceptors (Lipinski definition) is 6. The number of halogens is 3. The maximum atomic E-state index is 12.9. The molecule has 2 aromatic heterocycles. The summed E-state index contributed by atoms with van der Waals surface area (Å²) in [6.07, 6.45) is 2.71. The first-order chi connectivity index (χ1) is 13.9. The van der Waals surface area contributed by atoms with Crippen molar-refractivity contribution in [2.24, 2.45) is 14.1 Å². The van der Waals surface area contributed by atoms with Crippen molar-refractivity contribution >= 4 is 16.0 Å². The third-order valence-electron chi connectivity index (χ3n) is 4.44. The second-order valence-corrected chi connectivity index (χ2v) is 8.49. The zero-order valence-electron chi connectivity index (χ0n) is 16.4. The summed E-state index contributed by atoms with van der Waals surface area (Å²) < 4.78 is 67.9. The fraction of sp³-hybridized carbons (Fsp3) is 0.562. The molecule has 168 valence electrons. The van der Waals surface area contributed by atoms with Crippen LogP contribution in [0.25, 0.3) is 0 Å². The number of aryl methyl sites for hydroxylation is 2. The summed E-state index contributed by atoms with van der Waals surface area (Å²) in [5.74, 6) is -2.76. The highest BCUT2D eigenvalue weighted by Crippen LogP contribution is 2.29. The summed E-state index contributed by atoms with van der Waals surface area (Å²) in [6.45, 7) is 0.433. The molecule has 1 aliphatic rings. The smallest absolute Gasteiger partial charge is 0.475 e. The minimum atomic E-state index is -5.08. The third-order valence-corrected chi connectivity index (χ3v) is 6.25. The Morgan fingerprint density at radius 1 is 1.33 bits per heavy atom. The van der Waals surface area contributed by atoms with Gasteiger partial charge in [-0.2, -0.15) is 22.6 Å². The average Bonchev–Trinajstić information content (AvgIpc) is 3.35. The summed E-state index contributed by atoms with van der Waals surface area (Å²) >= 11 is 0. The molecular weight excluding hydrogens is 431 g/mol. The van der Waals surface area contributed by atoms with Crippen LogP contribution in [0.2, 0.25) is 0 Å². The summed E-state index contributed by atoms with van der Waals surface area (Å²) in [7, 11) is 1.59. The number of sulfonamides is 1. The molecule has 0 unspecified atom stereocenters. The van der Waals surface area contributed by atoms with Crippen LogP contribution in [0, 0.1) is 0 Å². The van der Waals surface area contributed by atoms with Gasteiger partial charge in [-0.15, -0.1) is 0 Å². The van der Waals surface area contributed by atoms with E-state index in [0.717, 1.165) is 5.56 Å². The van der Waals surface area contributed by atoms with E-state index in [1.54, 1.807) is 29.6 Å². The molecule has 14 heteroatoms. The number of aliphatic carboxylic acids is 1. The van der Waals surface area contributed by atoms with Crippen LogP contribution in [-0.4, -0.2) is 75.1 Å². The van der Waals surface area contributed by atoms with E-state index < -0.39 is 22.2 Å². The second-order valence-electron chi connectivity index (χ2n) is 6.65. The molecule has 0 aromatic carbocycles. The molecule has 10 nitrogen and oxygen atoms in total. The first-order valence-corrected chi connectivity index (χ1v) is 10.1. The van der Waals surface area contributed by atoms with Crippen molar-refractivity contribution in [2.75, 3.05) is 13.7 Å². The Balaban J connectivity index is 0.000000396. The number of carboxylic acids is 1. The minimum absolute atomic E-state index is 0.0768. The molecule has 3 rings (SSSR count). The van der Waals surface area contributed by atoms with Crippen molar-refractivity contribution in [2.45, 2.75) is 36.2 Å². The zero-order valence-corrected chi connectivity index (χ0v) is 17.3. The molecule has 30 heavy (non-hydrogen) atoms. The van der Waals surface area contributed by atoms with Gasteiger partial charge in [0.1, 0.15) is 0 Å². The highest BCUT2D eigenvalue weighted by Gasteiger charge is 2.42. The molecule has 1 N–H and O–H groups in total. The number of rotatable bonds is 5. The number of carbonyl (C=O) groups is 1. The van der Waals surface area contributed by atoms with Gasteiger partial charge in [-0.05, 0) is 18.4 Å². The Hall–Kier alpha value is -2.45. The first kappa shape index (κ1) is 23.8. The molecule has 0 spiro atoms. The summed E-state index contributed by atoms with van der Waals surface area (Å²) in [5.41, 5.74) is 0.989. The van der Waals surface area contributed by atoms with Gasteiger partial charge < -0.3 is 14.4 Å². The predicted octanol–water partition coefficient (Wildman–Crippen LogP) is 0.808. The molecule has 2 aromatic rings. The summed E-state index contributed by atoms with van der Waals surface area (Å²) in [6, 6.07) is -0.254. The van der Waals surface area contributed by atoms with Gasteiger partial charge in [0.25, 0.3) is 10.0 Å². The maximum absolute atomic E-state index is 12.9.